The number of carbonyl (C=O) groups excluding carboxylic acids is 1. The highest BCUT2D eigenvalue weighted by Gasteiger charge is 2.24. The van der Waals surface area contributed by atoms with E-state index < -0.39 is 0 Å². The standard InChI is InChI=1S/C19H26N2OS/c1-13(2)12-15-7-9-16(10-8-15)18(17-6-5-11-23-17)21-14(3)19(22)20-4/h5-11,13-14,18,21H,12H2,1-4H3,(H,20,22)/p+1/t14-,18+/m1/s1. The van der Waals surface area contributed by atoms with Crippen LogP contribution in [0.15, 0.2) is 41.8 Å². The van der Waals surface area contributed by atoms with Gasteiger partial charge in [0.25, 0.3) is 5.91 Å². The van der Waals surface area contributed by atoms with E-state index in [0.29, 0.717) is 5.92 Å². The second-order valence-electron chi connectivity index (χ2n) is 6.43. The third-order valence-electron chi connectivity index (χ3n) is 3.97. The van der Waals surface area contributed by atoms with E-state index in [0.717, 1.165) is 6.42 Å². The number of carbonyl (C=O) groups is 1. The predicted octanol–water partition coefficient (Wildman–Crippen LogP) is 2.73. The van der Waals surface area contributed by atoms with E-state index >= 15 is 0 Å². The molecule has 1 aromatic carbocycles. The molecule has 0 aliphatic heterocycles. The van der Waals surface area contributed by atoms with Crippen LogP contribution < -0.4 is 10.6 Å². The van der Waals surface area contributed by atoms with Gasteiger partial charge >= 0.3 is 0 Å². The van der Waals surface area contributed by atoms with Gasteiger partial charge in [-0.05, 0) is 36.3 Å². The zero-order valence-corrected chi connectivity index (χ0v) is 15.2. The van der Waals surface area contributed by atoms with Gasteiger partial charge in [0.2, 0.25) is 0 Å². The molecule has 23 heavy (non-hydrogen) atoms. The largest absolute Gasteiger partial charge is 0.354 e. The summed E-state index contributed by atoms with van der Waals surface area (Å²) >= 11 is 1.74. The van der Waals surface area contributed by atoms with Crippen molar-refractivity contribution in [2.24, 2.45) is 5.92 Å². The summed E-state index contributed by atoms with van der Waals surface area (Å²) in [6.45, 7) is 6.43. The second-order valence-corrected chi connectivity index (χ2v) is 7.41. The van der Waals surface area contributed by atoms with Crippen LogP contribution in [0.25, 0.3) is 0 Å². The van der Waals surface area contributed by atoms with Crippen molar-refractivity contribution in [2.75, 3.05) is 7.05 Å². The van der Waals surface area contributed by atoms with Crippen molar-refractivity contribution in [3.8, 4) is 0 Å². The van der Waals surface area contributed by atoms with Crippen LogP contribution in [0.1, 0.15) is 42.8 Å². The minimum absolute atomic E-state index is 0.0583. The number of rotatable bonds is 7. The number of hydrogen-bond acceptors (Lipinski definition) is 2. The van der Waals surface area contributed by atoms with E-state index in [-0.39, 0.29) is 18.0 Å². The molecule has 0 saturated heterocycles. The Morgan fingerprint density at radius 1 is 1.17 bits per heavy atom. The lowest BCUT2D eigenvalue weighted by molar-refractivity contribution is -0.704. The normalized spacial score (nSPS) is 13.8. The van der Waals surface area contributed by atoms with Crippen LogP contribution in [-0.2, 0) is 11.2 Å². The average molecular weight is 332 g/mol. The fraction of sp³-hybridized carbons (Fsp3) is 0.421. The third kappa shape index (κ3) is 4.91. The number of quaternary nitrogens is 1. The van der Waals surface area contributed by atoms with Crippen molar-refractivity contribution in [1.82, 2.24) is 5.32 Å². The Morgan fingerprint density at radius 3 is 2.39 bits per heavy atom. The van der Waals surface area contributed by atoms with Gasteiger partial charge in [-0.25, -0.2) is 0 Å². The van der Waals surface area contributed by atoms with Crippen LogP contribution in [0.3, 0.4) is 0 Å². The van der Waals surface area contributed by atoms with Gasteiger partial charge in [0.05, 0.1) is 4.88 Å². The lowest BCUT2D eigenvalue weighted by Crippen LogP contribution is -2.92. The lowest BCUT2D eigenvalue weighted by Gasteiger charge is -2.19. The zero-order chi connectivity index (χ0) is 16.8. The molecule has 0 bridgehead atoms. The number of nitrogens with one attached hydrogen (secondary N) is 1. The van der Waals surface area contributed by atoms with Gasteiger partial charge in [0, 0.05) is 12.6 Å². The van der Waals surface area contributed by atoms with Crippen LogP contribution in [-0.4, -0.2) is 19.0 Å². The van der Waals surface area contributed by atoms with Gasteiger partial charge in [-0.3, -0.25) is 4.79 Å². The summed E-state index contributed by atoms with van der Waals surface area (Å²) in [5.41, 5.74) is 2.61. The van der Waals surface area contributed by atoms with Crippen molar-refractivity contribution >= 4 is 17.2 Å². The van der Waals surface area contributed by atoms with Gasteiger partial charge in [-0.15, -0.1) is 11.3 Å². The summed E-state index contributed by atoms with van der Waals surface area (Å²) in [7, 11) is 1.69. The Kier molecular flexibility index (Phi) is 6.37. The Hall–Kier alpha value is -1.65. The highest BCUT2D eigenvalue weighted by molar-refractivity contribution is 7.10. The Morgan fingerprint density at radius 2 is 1.87 bits per heavy atom. The third-order valence-corrected chi connectivity index (χ3v) is 4.93. The van der Waals surface area contributed by atoms with Gasteiger partial charge < -0.3 is 10.6 Å². The lowest BCUT2D eigenvalue weighted by atomic mass is 9.98. The van der Waals surface area contributed by atoms with Gasteiger partial charge in [-0.2, -0.15) is 0 Å². The number of likely N-dealkylation sites (N-methyl/N-ethyl adjacent to an activating group) is 1. The molecule has 2 rings (SSSR count). The van der Waals surface area contributed by atoms with E-state index in [1.807, 2.05) is 6.92 Å². The number of benzene rings is 1. The van der Waals surface area contributed by atoms with Crippen LogP contribution in [0.5, 0.6) is 0 Å². The first-order valence-corrected chi connectivity index (χ1v) is 9.08. The van der Waals surface area contributed by atoms with Crippen molar-refractivity contribution in [1.29, 1.82) is 0 Å². The monoisotopic (exact) mass is 331 g/mol. The highest BCUT2D eigenvalue weighted by Crippen LogP contribution is 2.23. The summed E-state index contributed by atoms with van der Waals surface area (Å²) in [6.07, 6.45) is 1.10. The van der Waals surface area contributed by atoms with Gasteiger partial charge in [-0.1, -0.05) is 44.2 Å². The molecule has 0 radical (unpaired) electrons. The molecule has 124 valence electrons. The molecule has 1 amide bonds. The van der Waals surface area contributed by atoms with E-state index in [9.17, 15) is 4.79 Å². The molecule has 1 heterocycles. The first-order chi connectivity index (χ1) is 11.0. The summed E-state index contributed by atoms with van der Waals surface area (Å²) in [5.74, 6) is 0.719. The number of nitrogens with two attached hydrogens (primary N) is 1. The summed E-state index contributed by atoms with van der Waals surface area (Å²) in [6, 6.07) is 13.1. The quantitative estimate of drug-likeness (QED) is 0.805. The minimum atomic E-state index is -0.123. The number of thiophene rings is 1. The first-order valence-electron chi connectivity index (χ1n) is 8.20. The van der Waals surface area contributed by atoms with Crippen molar-refractivity contribution in [3.63, 3.8) is 0 Å². The molecule has 3 N–H and O–H groups in total. The molecule has 1 aromatic heterocycles. The molecular weight excluding hydrogens is 304 g/mol. The molecule has 3 nitrogen and oxygen atoms in total. The van der Waals surface area contributed by atoms with E-state index in [2.05, 4.69) is 66.3 Å². The maximum Gasteiger partial charge on any atom is 0.277 e. The van der Waals surface area contributed by atoms with Crippen molar-refractivity contribution in [2.45, 2.75) is 39.3 Å². The molecule has 0 spiro atoms. The van der Waals surface area contributed by atoms with Crippen LogP contribution >= 0.6 is 11.3 Å². The molecule has 2 atom stereocenters. The number of amides is 1. The Bertz CT molecular complexity index is 605. The highest BCUT2D eigenvalue weighted by atomic mass is 32.1. The average Bonchev–Trinajstić information content (AvgIpc) is 3.06. The van der Waals surface area contributed by atoms with E-state index in [4.69, 9.17) is 0 Å². The van der Waals surface area contributed by atoms with Gasteiger partial charge in [0.1, 0.15) is 6.04 Å². The molecule has 0 aliphatic carbocycles. The van der Waals surface area contributed by atoms with Crippen LogP contribution in [0.2, 0.25) is 0 Å². The zero-order valence-electron chi connectivity index (χ0n) is 14.4. The topological polar surface area (TPSA) is 45.7 Å². The molecule has 2 aromatic rings. The van der Waals surface area contributed by atoms with E-state index in [1.54, 1.807) is 18.4 Å². The Balaban J connectivity index is 2.22. The minimum Gasteiger partial charge on any atom is -0.354 e. The first kappa shape index (κ1) is 17.7. The SMILES string of the molecule is CNC(=O)[C@@H](C)[NH2+][C@@H](c1ccc(CC(C)C)cc1)c1cccs1. The van der Waals surface area contributed by atoms with Gasteiger partial charge in [0.15, 0.2) is 6.04 Å². The van der Waals surface area contributed by atoms with E-state index in [1.165, 1.54) is 16.0 Å². The summed E-state index contributed by atoms with van der Waals surface area (Å²) < 4.78 is 0. The van der Waals surface area contributed by atoms with Crippen molar-refractivity contribution in [3.05, 3.63) is 57.8 Å². The molecule has 0 fully saturated rings. The molecule has 0 aliphatic rings. The van der Waals surface area contributed by atoms with Crippen LogP contribution in [0.4, 0.5) is 0 Å². The molecule has 0 unspecified atom stereocenters. The fourth-order valence-electron chi connectivity index (χ4n) is 2.77. The maximum absolute atomic E-state index is 11.9. The van der Waals surface area contributed by atoms with Crippen LogP contribution in [0, 0.1) is 5.92 Å². The Labute approximate surface area is 143 Å². The molecule has 4 heteroatoms. The second kappa shape index (κ2) is 8.27. The fourth-order valence-corrected chi connectivity index (χ4v) is 3.61. The smallest absolute Gasteiger partial charge is 0.277 e. The maximum atomic E-state index is 11.9. The van der Waals surface area contributed by atoms with Crippen molar-refractivity contribution < 1.29 is 10.1 Å². The number of hydrogen-bond donors (Lipinski definition) is 2. The molecular formula is C19H27N2OS+. The predicted molar refractivity (Wildman–Crippen MR) is 96.6 cm³/mol. The molecule has 0 saturated carbocycles. The summed E-state index contributed by atoms with van der Waals surface area (Å²) in [5, 5.41) is 6.96. The summed E-state index contributed by atoms with van der Waals surface area (Å²) in [4.78, 5) is 13.2.